The molecule has 0 amide bonds. The first-order chi connectivity index (χ1) is 9.12. The number of hydrogen-bond donors (Lipinski definition) is 1. The first kappa shape index (κ1) is 16.1. The minimum Gasteiger partial charge on any atom is -0.491 e. The Kier molecular flexibility index (Phi) is 6.99. The van der Waals surface area contributed by atoms with Crippen molar-refractivity contribution < 1.29 is 14.2 Å². The molecule has 1 N–H and O–H groups in total. The van der Waals surface area contributed by atoms with E-state index in [9.17, 15) is 0 Å². The number of methoxy groups -OCH3 is 2. The molecule has 1 aromatic carbocycles. The molecule has 0 aliphatic heterocycles. The lowest BCUT2D eigenvalue weighted by Crippen LogP contribution is -2.33. The summed E-state index contributed by atoms with van der Waals surface area (Å²) >= 11 is 6.02. The van der Waals surface area contributed by atoms with Crippen LogP contribution >= 0.6 is 11.6 Å². The Bertz CT molecular complexity index is 383. The topological polar surface area (TPSA) is 39.7 Å². The summed E-state index contributed by atoms with van der Waals surface area (Å²) in [6.07, 6.45) is 0.620. The van der Waals surface area contributed by atoms with Crippen LogP contribution in [-0.2, 0) is 9.47 Å². The maximum atomic E-state index is 6.02. The van der Waals surface area contributed by atoms with Gasteiger partial charge in [-0.05, 0) is 31.5 Å². The smallest absolute Gasteiger partial charge is 0.176 e. The second-order valence-corrected chi connectivity index (χ2v) is 4.70. The quantitative estimate of drug-likeness (QED) is 0.742. The van der Waals surface area contributed by atoms with Crippen molar-refractivity contribution in [2.24, 2.45) is 0 Å². The molecule has 0 aliphatic rings. The van der Waals surface area contributed by atoms with Crippen molar-refractivity contribution >= 4 is 17.3 Å². The summed E-state index contributed by atoms with van der Waals surface area (Å²) in [7, 11) is 3.22. The zero-order valence-corrected chi connectivity index (χ0v) is 12.7. The van der Waals surface area contributed by atoms with Crippen LogP contribution < -0.4 is 10.1 Å². The van der Waals surface area contributed by atoms with E-state index in [0.29, 0.717) is 11.6 Å². The van der Waals surface area contributed by atoms with Gasteiger partial charge in [-0.2, -0.15) is 0 Å². The maximum absolute atomic E-state index is 6.02. The largest absolute Gasteiger partial charge is 0.491 e. The summed E-state index contributed by atoms with van der Waals surface area (Å²) < 4.78 is 16.1. The summed E-state index contributed by atoms with van der Waals surface area (Å²) in [5, 5.41) is 3.96. The third kappa shape index (κ3) is 4.90. The van der Waals surface area contributed by atoms with E-state index in [1.54, 1.807) is 14.2 Å². The molecule has 4 nitrogen and oxygen atoms in total. The lowest BCUT2D eigenvalue weighted by Gasteiger charge is -2.24. The van der Waals surface area contributed by atoms with Crippen LogP contribution in [-0.4, -0.2) is 33.2 Å². The van der Waals surface area contributed by atoms with Crippen molar-refractivity contribution in [3.63, 3.8) is 0 Å². The number of ether oxygens (including phenoxy) is 3. The standard InChI is InChI=1S/C14H22ClNO3/c1-5-8-19-13-7-6-11(15)9-12(13)16-10(2)14(17-3)18-4/h6-7,9-10,14,16H,5,8H2,1-4H3. The fourth-order valence-corrected chi connectivity index (χ4v) is 1.94. The third-order valence-corrected chi connectivity index (χ3v) is 2.89. The molecule has 0 saturated carbocycles. The normalized spacial score (nSPS) is 12.5. The number of hydrogen-bond acceptors (Lipinski definition) is 4. The summed E-state index contributed by atoms with van der Waals surface area (Å²) in [5.74, 6) is 0.782. The van der Waals surface area contributed by atoms with Gasteiger partial charge in [0.25, 0.3) is 0 Å². The Morgan fingerprint density at radius 1 is 1.26 bits per heavy atom. The first-order valence-electron chi connectivity index (χ1n) is 6.36. The van der Waals surface area contributed by atoms with Crippen molar-refractivity contribution in [2.75, 3.05) is 26.1 Å². The summed E-state index contributed by atoms with van der Waals surface area (Å²) in [5.41, 5.74) is 0.840. The number of benzene rings is 1. The van der Waals surface area contributed by atoms with E-state index in [-0.39, 0.29) is 12.3 Å². The van der Waals surface area contributed by atoms with Crippen LogP contribution in [0.2, 0.25) is 5.02 Å². The Balaban J connectivity index is 2.82. The molecule has 0 aliphatic carbocycles. The molecule has 0 fully saturated rings. The highest BCUT2D eigenvalue weighted by atomic mass is 35.5. The highest BCUT2D eigenvalue weighted by Crippen LogP contribution is 2.29. The molecule has 108 valence electrons. The molecule has 1 rings (SSSR count). The minimum atomic E-state index is -0.335. The van der Waals surface area contributed by atoms with E-state index in [1.807, 2.05) is 25.1 Å². The summed E-state index contributed by atoms with van der Waals surface area (Å²) in [6.45, 7) is 4.71. The van der Waals surface area contributed by atoms with Crippen molar-refractivity contribution in [3.8, 4) is 5.75 Å². The van der Waals surface area contributed by atoms with E-state index in [2.05, 4.69) is 12.2 Å². The van der Waals surface area contributed by atoms with Crippen LogP contribution in [0.3, 0.4) is 0 Å². The zero-order chi connectivity index (χ0) is 14.3. The lowest BCUT2D eigenvalue weighted by molar-refractivity contribution is -0.109. The van der Waals surface area contributed by atoms with Gasteiger partial charge in [0.05, 0.1) is 18.3 Å². The molecule has 1 aromatic rings. The Labute approximate surface area is 120 Å². The van der Waals surface area contributed by atoms with Crippen LogP contribution in [0.1, 0.15) is 20.3 Å². The fourth-order valence-electron chi connectivity index (χ4n) is 1.77. The maximum Gasteiger partial charge on any atom is 0.176 e. The predicted molar refractivity (Wildman–Crippen MR) is 78.1 cm³/mol. The molecule has 0 radical (unpaired) electrons. The summed E-state index contributed by atoms with van der Waals surface area (Å²) in [6, 6.07) is 5.48. The molecule has 0 aromatic heterocycles. The van der Waals surface area contributed by atoms with Crippen LogP contribution in [0.15, 0.2) is 18.2 Å². The Morgan fingerprint density at radius 2 is 1.95 bits per heavy atom. The molecular formula is C14H22ClNO3. The number of rotatable bonds is 8. The van der Waals surface area contributed by atoms with Gasteiger partial charge in [-0.1, -0.05) is 18.5 Å². The third-order valence-electron chi connectivity index (χ3n) is 2.66. The van der Waals surface area contributed by atoms with E-state index in [4.69, 9.17) is 25.8 Å². The van der Waals surface area contributed by atoms with E-state index in [0.717, 1.165) is 17.9 Å². The van der Waals surface area contributed by atoms with E-state index >= 15 is 0 Å². The van der Waals surface area contributed by atoms with Crippen molar-refractivity contribution in [1.82, 2.24) is 0 Å². The van der Waals surface area contributed by atoms with Crippen molar-refractivity contribution in [2.45, 2.75) is 32.6 Å². The monoisotopic (exact) mass is 287 g/mol. The van der Waals surface area contributed by atoms with Gasteiger partial charge < -0.3 is 19.5 Å². The highest BCUT2D eigenvalue weighted by molar-refractivity contribution is 6.30. The van der Waals surface area contributed by atoms with E-state index < -0.39 is 0 Å². The Morgan fingerprint density at radius 3 is 2.53 bits per heavy atom. The van der Waals surface area contributed by atoms with Gasteiger partial charge >= 0.3 is 0 Å². The second kappa shape index (κ2) is 8.25. The van der Waals surface area contributed by atoms with Crippen molar-refractivity contribution in [3.05, 3.63) is 23.2 Å². The molecule has 1 unspecified atom stereocenters. The summed E-state index contributed by atoms with van der Waals surface area (Å²) in [4.78, 5) is 0. The Hall–Kier alpha value is -0.970. The minimum absolute atomic E-state index is 0.0301. The van der Waals surface area contributed by atoms with Crippen molar-refractivity contribution in [1.29, 1.82) is 0 Å². The van der Waals surface area contributed by atoms with Gasteiger partial charge in [-0.15, -0.1) is 0 Å². The van der Waals surface area contributed by atoms with Gasteiger partial charge in [-0.3, -0.25) is 0 Å². The first-order valence-corrected chi connectivity index (χ1v) is 6.74. The average Bonchev–Trinajstić information content (AvgIpc) is 2.39. The molecular weight excluding hydrogens is 266 g/mol. The van der Waals surface area contributed by atoms with Gasteiger partial charge in [0, 0.05) is 19.2 Å². The van der Waals surface area contributed by atoms with E-state index in [1.165, 1.54) is 0 Å². The number of anilines is 1. The number of nitrogens with one attached hydrogen (secondary N) is 1. The highest BCUT2D eigenvalue weighted by Gasteiger charge is 2.17. The second-order valence-electron chi connectivity index (χ2n) is 4.26. The van der Waals surface area contributed by atoms with Gasteiger partial charge in [0.2, 0.25) is 0 Å². The fraction of sp³-hybridized carbons (Fsp3) is 0.571. The van der Waals surface area contributed by atoms with Crippen LogP contribution in [0, 0.1) is 0 Å². The average molecular weight is 288 g/mol. The molecule has 1 atom stereocenters. The van der Waals surface area contributed by atoms with Gasteiger partial charge in [0.15, 0.2) is 6.29 Å². The zero-order valence-electron chi connectivity index (χ0n) is 11.9. The molecule has 0 spiro atoms. The van der Waals surface area contributed by atoms with Gasteiger partial charge in [-0.25, -0.2) is 0 Å². The molecule has 19 heavy (non-hydrogen) atoms. The van der Waals surface area contributed by atoms with Gasteiger partial charge in [0.1, 0.15) is 5.75 Å². The van der Waals surface area contributed by atoms with Crippen LogP contribution in [0.25, 0.3) is 0 Å². The van der Waals surface area contributed by atoms with Crippen LogP contribution in [0.4, 0.5) is 5.69 Å². The number of halogens is 1. The molecule has 0 bridgehead atoms. The molecule has 5 heteroatoms. The predicted octanol–water partition coefficient (Wildman–Crippen LogP) is 3.55. The lowest BCUT2D eigenvalue weighted by atomic mass is 10.2. The molecule has 0 heterocycles. The SMILES string of the molecule is CCCOc1ccc(Cl)cc1NC(C)C(OC)OC. The molecule has 0 saturated heterocycles. The van der Waals surface area contributed by atoms with Crippen LogP contribution in [0.5, 0.6) is 5.75 Å².